The van der Waals surface area contributed by atoms with Crippen LogP contribution in [0.1, 0.15) is 440 Å². The molecule has 17 nitrogen and oxygen atoms in total. The quantitative estimate of drug-likeness (QED) is 0.0222. The van der Waals surface area contributed by atoms with Crippen LogP contribution >= 0.6 is 15.6 Å². The highest BCUT2D eigenvalue weighted by molar-refractivity contribution is 7.47. The molecule has 0 aliphatic carbocycles. The molecule has 0 fully saturated rings. The highest BCUT2D eigenvalue weighted by Crippen LogP contribution is 2.45. The average molecular weight is 1510 g/mol. The van der Waals surface area contributed by atoms with Crippen molar-refractivity contribution in [3.8, 4) is 0 Å². The molecular weight excluding hydrogens is 1340 g/mol. The summed E-state index contributed by atoms with van der Waals surface area (Å²) in [5.41, 5.74) is 0. The first-order chi connectivity index (χ1) is 49.8. The van der Waals surface area contributed by atoms with Gasteiger partial charge in [0.2, 0.25) is 0 Å². The lowest BCUT2D eigenvalue weighted by Crippen LogP contribution is -2.30. The van der Waals surface area contributed by atoms with E-state index in [1.807, 2.05) is 0 Å². The van der Waals surface area contributed by atoms with E-state index in [0.717, 1.165) is 108 Å². The highest BCUT2D eigenvalue weighted by atomic mass is 31.2. The van der Waals surface area contributed by atoms with Crippen LogP contribution in [0, 0.1) is 17.8 Å². The van der Waals surface area contributed by atoms with Gasteiger partial charge in [0.25, 0.3) is 0 Å². The fraction of sp³-hybridized carbons (Fsp3) is 0.952. The van der Waals surface area contributed by atoms with Crippen LogP contribution in [0.3, 0.4) is 0 Å². The second-order valence-corrected chi connectivity index (χ2v) is 34.1. The standard InChI is InChI=1S/C84H164O17P2/c1-8-11-12-13-14-15-16-17-18-19-20-21-25-31-36-44-51-58-65-81(86)94-71-79(100-83(88)67-60-53-46-37-32-26-23-22-24-30-35-42-49-56-63-76(6)9-2)73-98-102(90,91)96-69-78(85)70-97-103(92,93)99-74-80(72-95-82(87)66-59-52-45-40-39-43-50-57-64-77(7)10-3)101-84(89)68-61-54-47-38-33-28-27-29-34-41-48-55-62-75(4)5/h75-80,85H,8-74H2,1-7H3,(H,90,91)(H,92,93)/t76?,77?,78-,79-,80-/m1/s1. The first-order valence-electron chi connectivity index (χ1n) is 43.4. The average Bonchev–Trinajstić information content (AvgIpc) is 0.912. The molecule has 0 radical (unpaired) electrons. The molecule has 0 aliphatic rings. The van der Waals surface area contributed by atoms with Crippen LogP contribution in [0.25, 0.3) is 0 Å². The van der Waals surface area contributed by atoms with Gasteiger partial charge in [0.15, 0.2) is 12.2 Å². The van der Waals surface area contributed by atoms with Gasteiger partial charge in [0, 0.05) is 25.7 Å². The number of aliphatic hydroxyl groups excluding tert-OH is 1. The van der Waals surface area contributed by atoms with Crippen LogP contribution in [-0.2, 0) is 65.4 Å². The number of phosphoric ester groups is 2. The van der Waals surface area contributed by atoms with Gasteiger partial charge in [-0.15, -0.1) is 0 Å². The lowest BCUT2D eigenvalue weighted by atomic mass is 9.99. The summed E-state index contributed by atoms with van der Waals surface area (Å²) in [6.07, 6.45) is 63.7. The van der Waals surface area contributed by atoms with E-state index in [1.165, 1.54) is 250 Å². The molecule has 0 amide bonds. The van der Waals surface area contributed by atoms with Crippen molar-refractivity contribution in [3.05, 3.63) is 0 Å². The van der Waals surface area contributed by atoms with Crippen LogP contribution in [0.5, 0.6) is 0 Å². The Hall–Kier alpha value is -1.94. The fourth-order valence-electron chi connectivity index (χ4n) is 13.0. The second kappa shape index (κ2) is 74.2. The largest absolute Gasteiger partial charge is 0.472 e. The zero-order valence-corrected chi connectivity index (χ0v) is 69.6. The Kier molecular flexibility index (Phi) is 72.8. The van der Waals surface area contributed by atoms with Crippen molar-refractivity contribution in [2.45, 2.75) is 458 Å². The lowest BCUT2D eigenvalue weighted by molar-refractivity contribution is -0.161. The maximum Gasteiger partial charge on any atom is 0.472 e. The van der Waals surface area contributed by atoms with Gasteiger partial charge < -0.3 is 33.8 Å². The zero-order valence-electron chi connectivity index (χ0n) is 67.8. The molecule has 0 rings (SSSR count). The molecule has 612 valence electrons. The molecule has 0 aromatic heterocycles. The van der Waals surface area contributed by atoms with Crippen LogP contribution < -0.4 is 0 Å². The van der Waals surface area contributed by atoms with E-state index in [0.29, 0.717) is 25.7 Å². The molecule has 0 saturated heterocycles. The third-order valence-corrected chi connectivity index (χ3v) is 22.3. The van der Waals surface area contributed by atoms with Gasteiger partial charge in [-0.2, -0.15) is 0 Å². The van der Waals surface area contributed by atoms with Crippen molar-refractivity contribution in [1.82, 2.24) is 0 Å². The van der Waals surface area contributed by atoms with Gasteiger partial charge in [-0.05, 0) is 43.4 Å². The van der Waals surface area contributed by atoms with E-state index in [2.05, 4.69) is 48.5 Å². The molecule has 0 bridgehead atoms. The molecule has 7 atom stereocenters. The Labute approximate surface area is 632 Å². The van der Waals surface area contributed by atoms with Crippen LogP contribution in [0.4, 0.5) is 0 Å². The van der Waals surface area contributed by atoms with E-state index in [1.54, 1.807) is 0 Å². The van der Waals surface area contributed by atoms with Crippen molar-refractivity contribution >= 4 is 39.5 Å². The summed E-state index contributed by atoms with van der Waals surface area (Å²) in [5, 5.41) is 10.7. The van der Waals surface area contributed by atoms with Gasteiger partial charge in [-0.3, -0.25) is 37.3 Å². The summed E-state index contributed by atoms with van der Waals surface area (Å²) in [5.74, 6) is 0.294. The number of carbonyl (C=O) groups is 4. The third-order valence-electron chi connectivity index (χ3n) is 20.4. The number of hydrogen-bond acceptors (Lipinski definition) is 15. The number of ether oxygens (including phenoxy) is 4. The third kappa shape index (κ3) is 75.3. The predicted molar refractivity (Wildman–Crippen MR) is 423 cm³/mol. The molecule has 19 heteroatoms. The Morgan fingerprint density at radius 1 is 0.282 bits per heavy atom. The highest BCUT2D eigenvalue weighted by Gasteiger charge is 2.30. The number of carbonyl (C=O) groups excluding carboxylic acids is 4. The Balaban J connectivity index is 5.27. The fourth-order valence-corrected chi connectivity index (χ4v) is 14.5. The topological polar surface area (TPSA) is 237 Å². The number of hydrogen-bond donors (Lipinski definition) is 3. The minimum absolute atomic E-state index is 0.106. The van der Waals surface area contributed by atoms with E-state index >= 15 is 0 Å². The summed E-state index contributed by atoms with van der Waals surface area (Å²) in [6, 6.07) is 0. The maximum absolute atomic E-state index is 13.1. The monoisotopic (exact) mass is 1510 g/mol. The van der Waals surface area contributed by atoms with Crippen molar-refractivity contribution in [3.63, 3.8) is 0 Å². The molecule has 0 saturated carbocycles. The molecule has 103 heavy (non-hydrogen) atoms. The molecule has 3 N–H and O–H groups in total. The smallest absolute Gasteiger partial charge is 0.462 e. The van der Waals surface area contributed by atoms with Gasteiger partial charge in [0.1, 0.15) is 19.3 Å². The second-order valence-electron chi connectivity index (χ2n) is 31.2. The number of esters is 4. The number of unbranched alkanes of at least 4 members (excludes halogenated alkanes) is 48. The molecule has 0 spiro atoms. The van der Waals surface area contributed by atoms with E-state index in [-0.39, 0.29) is 25.7 Å². The molecule has 0 aliphatic heterocycles. The Bertz CT molecular complexity index is 2000. The molecule has 0 aromatic carbocycles. The molecular formula is C84H164O17P2. The van der Waals surface area contributed by atoms with Crippen LogP contribution in [0.2, 0.25) is 0 Å². The van der Waals surface area contributed by atoms with Crippen LogP contribution in [-0.4, -0.2) is 96.7 Å². The van der Waals surface area contributed by atoms with Gasteiger partial charge in [-0.25, -0.2) is 9.13 Å². The number of rotatable bonds is 82. The Morgan fingerprint density at radius 2 is 0.495 bits per heavy atom. The summed E-state index contributed by atoms with van der Waals surface area (Å²) >= 11 is 0. The van der Waals surface area contributed by atoms with Crippen molar-refractivity contribution < 1.29 is 80.2 Å². The number of aliphatic hydroxyl groups is 1. The van der Waals surface area contributed by atoms with Crippen molar-refractivity contribution in [2.75, 3.05) is 39.6 Å². The minimum Gasteiger partial charge on any atom is -0.462 e. The predicted octanol–water partition coefficient (Wildman–Crippen LogP) is 25.3. The lowest BCUT2D eigenvalue weighted by Gasteiger charge is -2.21. The van der Waals surface area contributed by atoms with E-state index in [9.17, 15) is 43.2 Å². The normalized spacial score (nSPS) is 14.4. The van der Waals surface area contributed by atoms with Crippen molar-refractivity contribution in [1.29, 1.82) is 0 Å². The van der Waals surface area contributed by atoms with Gasteiger partial charge in [0.05, 0.1) is 26.4 Å². The molecule has 0 heterocycles. The van der Waals surface area contributed by atoms with Crippen molar-refractivity contribution in [2.24, 2.45) is 17.8 Å². The molecule has 4 unspecified atom stereocenters. The number of phosphoric acid groups is 2. The van der Waals surface area contributed by atoms with Crippen LogP contribution in [0.15, 0.2) is 0 Å². The summed E-state index contributed by atoms with van der Waals surface area (Å²) in [4.78, 5) is 73.2. The summed E-state index contributed by atoms with van der Waals surface area (Å²) < 4.78 is 68.9. The SMILES string of the molecule is CCCCCCCCCCCCCCCCCCCCC(=O)OC[C@H](COP(=O)(O)OC[C@@H](O)COP(=O)(O)OC[C@@H](COC(=O)CCCCCCCCCCC(C)CC)OC(=O)CCCCCCCCCCCCCCC(C)C)OC(=O)CCCCCCCCCCCCCCCCC(C)CC. The summed E-state index contributed by atoms with van der Waals surface area (Å²) in [7, 11) is -9.93. The minimum atomic E-state index is -4.97. The zero-order chi connectivity index (χ0) is 75.8. The van der Waals surface area contributed by atoms with E-state index in [4.69, 9.17) is 37.0 Å². The summed E-state index contributed by atoms with van der Waals surface area (Å²) in [6.45, 7) is 12.0. The first-order valence-corrected chi connectivity index (χ1v) is 46.4. The van der Waals surface area contributed by atoms with E-state index < -0.39 is 97.5 Å². The first kappa shape index (κ1) is 101. The van der Waals surface area contributed by atoms with Gasteiger partial charge >= 0.3 is 39.5 Å². The Morgan fingerprint density at radius 3 is 0.738 bits per heavy atom. The maximum atomic E-state index is 13.1. The van der Waals surface area contributed by atoms with Gasteiger partial charge in [-0.1, -0.05) is 389 Å². The molecule has 0 aromatic rings.